The van der Waals surface area contributed by atoms with Gasteiger partial charge in [0, 0.05) is 43.8 Å². The third kappa shape index (κ3) is 5.53. The van der Waals surface area contributed by atoms with Gasteiger partial charge in [-0.3, -0.25) is 14.4 Å². The fourth-order valence-corrected chi connectivity index (χ4v) is 5.68. The van der Waals surface area contributed by atoms with E-state index in [1.165, 1.54) is 11.3 Å². The van der Waals surface area contributed by atoms with Crippen LogP contribution in [0.2, 0.25) is 0 Å². The van der Waals surface area contributed by atoms with Gasteiger partial charge in [-0.2, -0.15) is 5.26 Å². The Balaban J connectivity index is 1.12. The van der Waals surface area contributed by atoms with Gasteiger partial charge in [0.05, 0.1) is 10.4 Å². The highest BCUT2D eigenvalue weighted by Crippen LogP contribution is 2.31. The van der Waals surface area contributed by atoms with Crippen molar-refractivity contribution in [3.05, 3.63) is 70.0 Å². The Morgan fingerprint density at radius 3 is 2.68 bits per heavy atom. The summed E-state index contributed by atoms with van der Waals surface area (Å²) in [4.78, 5) is 46.9. The van der Waals surface area contributed by atoms with E-state index >= 15 is 0 Å². The zero-order chi connectivity index (χ0) is 26.5. The summed E-state index contributed by atoms with van der Waals surface area (Å²) in [6, 6.07) is 14.8. The minimum absolute atomic E-state index is 0.0199. The van der Waals surface area contributed by atoms with Gasteiger partial charge in [0.15, 0.2) is 0 Å². The number of aryl methyl sites for hydroxylation is 1. The molecule has 3 aromatic rings. The van der Waals surface area contributed by atoms with E-state index in [4.69, 9.17) is 0 Å². The van der Waals surface area contributed by atoms with Gasteiger partial charge >= 0.3 is 11.8 Å². The van der Waals surface area contributed by atoms with Crippen LogP contribution in [0.15, 0.2) is 54.0 Å². The number of hydrogen-bond acceptors (Lipinski definition) is 7. The molecule has 0 atom stereocenters. The number of anilines is 3. The summed E-state index contributed by atoms with van der Waals surface area (Å²) in [6.07, 6.45) is 4.97. The van der Waals surface area contributed by atoms with Gasteiger partial charge in [-0.05, 0) is 78.9 Å². The number of fused-ring (bicyclic) bond motifs is 1. The quantitative estimate of drug-likeness (QED) is 0.489. The molecule has 0 aliphatic carbocycles. The normalized spacial score (nSPS) is 15.3. The lowest BCUT2D eigenvalue weighted by molar-refractivity contribution is -0.136. The van der Waals surface area contributed by atoms with Crippen LogP contribution in [-0.2, 0) is 16.0 Å². The number of hydrogen-bond donors (Lipinski definition) is 2. The Hall–Kier alpha value is -4.23. The number of nitrogens with zero attached hydrogens (tertiary/aromatic N) is 4. The molecule has 0 spiro atoms. The lowest BCUT2D eigenvalue weighted by Gasteiger charge is -2.33. The van der Waals surface area contributed by atoms with E-state index in [2.05, 4.69) is 26.6 Å². The van der Waals surface area contributed by atoms with Crippen LogP contribution >= 0.6 is 11.3 Å². The number of carbonyl (C=O) groups is 3. The van der Waals surface area contributed by atoms with Crippen molar-refractivity contribution < 1.29 is 14.4 Å². The molecule has 4 heterocycles. The molecular weight excluding hydrogens is 500 g/mol. The predicted molar refractivity (Wildman–Crippen MR) is 146 cm³/mol. The Morgan fingerprint density at radius 2 is 1.92 bits per heavy atom. The summed E-state index contributed by atoms with van der Waals surface area (Å²) in [5.41, 5.74) is 2.90. The molecule has 2 N–H and O–H groups in total. The lowest BCUT2D eigenvalue weighted by atomic mass is 9.96. The summed E-state index contributed by atoms with van der Waals surface area (Å²) in [7, 11) is 0. The molecule has 2 aromatic heterocycles. The van der Waals surface area contributed by atoms with Gasteiger partial charge in [-0.15, -0.1) is 11.3 Å². The number of nitriles is 1. The Morgan fingerprint density at radius 1 is 1.08 bits per heavy atom. The summed E-state index contributed by atoms with van der Waals surface area (Å²) in [5, 5.41) is 16.7. The molecule has 1 saturated heterocycles. The number of aromatic nitrogens is 1. The van der Waals surface area contributed by atoms with E-state index in [0.717, 1.165) is 50.0 Å². The Labute approximate surface area is 225 Å². The molecule has 3 amide bonds. The van der Waals surface area contributed by atoms with E-state index in [0.29, 0.717) is 35.0 Å². The molecule has 2 aliphatic rings. The average molecular weight is 529 g/mol. The zero-order valence-electron chi connectivity index (χ0n) is 20.9. The molecule has 0 radical (unpaired) electrons. The first-order valence-electron chi connectivity index (χ1n) is 12.7. The molecule has 1 aromatic carbocycles. The van der Waals surface area contributed by atoms with Gasteiger partial charge in [0.25, 0.3) is 5.91 Å². The molecule has 10 heteroatoms. The number of nitrogens with one attached hydrogen (secondary N) is 2. The number of benzene rings is 1. The van der Waals surface area contributed by atoms with Crippen molar-refractivity contribution in [3.63, 3.8) is 0 Å². The van der Waals surface area contributed by atoms with Gasteiger partial charge in [0.2, 0.25) is 0 Å². The third-order valence-corrected chi connectivity index (χ3v) is 7.87. The molecule has 38 heavy (non-hydrogen) atoms. The number of amides is 3. The second kappa shape index (κ2) is 11.4. The van der Waals surface area contributed by atoms with Gasteiger partial charge in [-0.25, -0.2) is 4.98 Å². The van der Waals surface area contributed by atoms with Crippen LogP contribution < -0.4 is 20.4 Å². The number of rotatable bonds is 5. The highest BCUT2D eigenvalue weighted by Gasteiger charge is 2.26. The summed E-state index contributed by atoms with van der Waals surface area (Å²) in [6.45, 7) is 2.54. The van der Waals surface area contributed by atoms with Crippen LogP contribution in [0, 0.1) is 17.2 Å². The van der Waals surface area contributed by atoms with Crippen molar-refractivity contribution in [2.24, 2.45) is 5.92 Å². The number of thiophene rings is 1. The minimum atomic E-state index is -0.711. The fraction of sp³-hybridized carbons (Fsp3) is 0.321. The minimum Gasteiger partial charge on any atom is -0.356 e. The Kier molecular flexibility index (Phi) is 7.65. The van der Waals surface area contributed by atoms with Crippen molar-refractivity contribution >= 4 is 46.3 Å². The Bertz CT molecular complexity index is 1380. The first-order valence-corrected chi connectivity index (χ1v) is 13.6. The maximum atomic E-state index is 12.9. The maximum absolute atomic E-state index is 12.9. The monoisotopic (exact) mass is 528 g/mol. The van der Waals surface area contributed by atoms with Gasteiger partial charge < -0.3 is 20.4 Å². The van der Waals surface area contributed by atoms with E-state index < -0.39 is 11.8 Å². The summed E-state index contributed by atoms with van der Waals surface area (Å²) in [5.74, 6) is -0.463. The largest absolute Gasteiger partial charge is 0.356 e. The number of piperidine rings is 1. The molecule has 2 aliphatic heterocycles. The molecule has 0 unspecified atom stereocenters. The molecule has 0 bridgehead atoms. The van der Waals surface area contributed by atoms with Gasteiger partial charge in [0.1, 0.15) is 11.9 Å². The fourth-order valence-electron chi connectivity index (χ4n) is 5.01. The number of pyridine rings is 1. The average Bonchev–Trinajstić information content (AvgIpc) is 3.50. The van der Waals surface area contributed by atoms with Crippen molar-refractivity contribution in [2.75, 3.05) is 41.3 Å². The van der Waals surface area contributed by atoms with Crippen molar-refractivity contribution in [2.45, 2.75) is 25.7 Å². The van der Waals surface area contributed by atoms with E-state index in [9.17, 15) is 19.6 Å². The van der Waals surface area contributed by atoms with E-state index in [1.54, 1.807) is 29.3 Å². The van der Waals surface area contributed by atoms with E-state index in [-0.39, 0.29) is 11.8 Å². The molecule has 9 nitrogen and oxygen atoms in total. The topological polar surface area (TPSA) is 118 Å². The van der Waals surface area contributed by atoms with Gasteiger partial charge in [-0.1, -0.05) is 6.07 Å². The van der Waals surface area contributed by atoms with Crippen LogP contribution in [0.5, 0.6) is 0 Å². The molecular formula is C28H28N6O3S. The maximum Gasteiger partial charge on any atom is 0.313 e. The predicted octanol–water partition coefficient (Wildman–Crippen LogP) is 3.58. The second-order valence-corrected chi connectivity index (χ2v) is 10.4. The van der Waals surface area contributed by atoms with Crippen molar-refractivity contribution in [1.82, 2.24) is 10.3 Å². The van der Waals surface area contributed by atoms with Crippen molar-refractivity contribution in [1.29, 1.82) is 5.26 Å². The third-order valence-electron chi connectivity index (χ3n) is 7.01. The molecule has 0 saturated carbocycles. The van der Waals surface area contributed by atoms with E-state index in [1.807, 2.05) is 29.6 Å². The highest BCUT2D eigenvalue weighted by atomic mass is 32.1. The summed E-state index contributed by atoms with van der Waals surface area (Å²) < 4.78 is 0. The second-order valence-electron chi connectivity index (χ2n) is 9.46. The van der Waals surface area contributed by atoms with Crippen LogP contribution in [0.1, 0.15) is 40.1 Å². The smallest absolute Gasteiger partial charge is 0.313 e. The highest BCUT2D eigenvalue weighted by molar-refractivity contribution is 7.12. The standard InChI is InChI=1S/C28H28N6O3S/c29-17-21-4-1-11-30-25(21)33-13-9-19(10-14-33)18-31-26(35)27(36)32-22-7-8-23-20(16-22)5-2-12-34(23)28(37)24-6-3-15-38-24/h1,3-4,6-8,11,15-16,19H,2,5,9-10,12-14,18H2,(H,31,35)(H,32,36). The molecule has 1 fully saturated rings. The van der Waals surface area contributed by atoms with Crippen LogP contribution in [0.3, 0.4) is 0 Å². The summed E-state index contributed by atoms with van der Waals surface area (Å²) >= 11 is 1.42. The number of carbonyl (C=O) groups excluding carboxylic acids is 3. The first-order chi connectivity index (χ1) is 18.5. The van der Waals surface area contributed by atoms with Crippen molar-refractivity contribution in [3.8, 4) is 6.07 Å². The van der Waals surface area contributed by atoms with Crippen LogP contribution in [0.4, 0.5) is 17.2 Å². The van der Waals surface area contributed by atoms with Crippen LogP contribution in [0.25, 0.3) is 0 Å². The first kappa shape index (κ1) is 25.4. The molecule has 5 rings (SSSR count). The van der Waals surface area contributed by atoms with Crippen LogP contribution in [-0.4, -0.2) is 48.9 Å². The lowest BCUT2D eigenvalue weighted by Crippen LogP contribution is -2.42. The SMILES string of the molecule is N#Cc1cccnc1N1CCC(CNC(=O)C(=O)Nc2ccc3c(c2)CCCN3C(=O)c2cccs2)CC1. The molecule has 194 valence electrons. The zero-order valence-corrected chi connectivity index (χ0v) is 21.7.